The number of hydrogen-bond acceptors (Lipinski definition) is 6. The molecule has 0 atom stereocenters. The molecule has 35 heavy (non-hydrogen) atoms. The lowest BCUT2D eigenvalue weighted by atomic mass is 9.95. The van der Waals surface area contributed by atoms with Gasteiger partial charge in [0.1, 0.15) is 5.82 Å². The largest absolute Gasteiger partial charge is 0.493 e. The van der Waals surface area contributed by atoms with Gasteiger partial charge in [0.2, 0.25) is 5.91 Å². The number of amides is 1. The topological polar surface area (TPSA) is 90.6 Å². The molecule has 2 heterocycles. The van der Waals surface area contributed by atoms with Crippen LogP contribution in [-0.4, -0.2) is 65.6 Å². The third-order valence-corrected chi connectivity index (χ3v) is 6.47. The number of hydrogen-bond donors (Lipinski definition) is 1. The predicted octanol–water partition coefficient (Wildman–Crippen LogP) is 2.13. The number of aryl methyl sites for hydroxylation is 1. The quantitative estimate of drug-likeness (QED) is 0.506. The number of benzene rings is 2. The van der Waals surface area contributed by atoms with Crippen LogP contribution in [0.15, 0.2) is 53.3 Å². The maximum Gasteiger partial charge on any atom is 0.350 e. The molecule has 1 saturated heterocycles. The molecule has 9 nitrogen and oxygen atoms in total. The molecule has 1 aliphatic heterocycles. The number of carbonyl (C=O) groups excluding carboxylic acids is 1. The number of ether oxygens (including phenoxy) is 2. The van der Waals surface area contributed by atoms with Crippen LogP contribution in [-0.2, 0) is 18.3 Å². The molecule has 186 valence electrons. The summed E-state index contributed by atoms with van der Waals surface area (Å²) in [7, 11) is 4.91. The molecule has 0 bridgehead atoms. The molecule has 2 aromatic carbocycles. The van der Waals surface area contributed by atoms with Gasteiger partial charge in [-0.25, -0.2) is 14.0 Å². The highest BCUT2D eigenvalue weighted by atomic mass is 16.5. The van der Waals surface area contributed by atoms with Gasteiger partial charge in [-0.05, 0) is 62.2 Å². The maximum atomic E-state index is 12.7. The second-order valence-corrected chi connectivity index (χ2v) is 8.78. The normalized spacial score (nSPS) is 14.6. The van der Waals surface area contributed by atoms with Crippen LogP contribution in [0.1, 0.15) is 30.1 Å². The first kappa shape index (κ1) is 24.5. The van der Waals surface area contributed by atoms with E-state index in [1.807, 2.05) is 48.5 Å². The van der Waals surface area contributed by atoms with Gasteiger partial charge in [-0.15, -0.1) is 0 Å². The second kappa shape index (κ2) is 11.2. The Morgan fingerprint density at radius 1 is 1.06 bits per heavy atom. The fourth-order valence-electron chi connectivity index (χ4n) is 4.56. The van der Waals surface area contributed by atoms with E-state index in [4.69, 9.17) is 9.47 Å². The van der Waals surface area contributed by atoms with Crippen LogP contribution < -0.4 is 20.5 Å². The molecule has 1 amide bonds. The zero-order valence-electron chi connectivity index (χ0n) is 20.6. The third-order valence-electron chi connectivity index (χ3n) is 6.47. The van der Waals surface area contributed by atoms with E-state index < -0.39 is 0 Å². The van der Waals surface area contributed by atoms with Gasteiger partial charge in [0.25, 0.3) is 0 Å². The number of para-hydroxylation sites is 1. The molecule has 0 spiro atoms. The Balaban J connectivity index is 1.27. The molecule has 1 fully saturated rings. The van der Waals surface area contributed by atoms with E-state index in [1.165, 1.54) is 4.68 Å². The third kappa shape index (κ3) is 5.74. The Morgan fingerprint density at radius 2 is 1.77 bits per heavy atom. The highest BCUT2D eigenvalue weighted by Gasteiger charge is 2.27. The number of rotatable bonds is 9. The van der Waals surface area contributed by atoms with Crippen molar-refractivity contribution in [2.75, 3.05) is 40.4 Å². The summed E-state index contributed by atoms with van der Waals surface area (Å²) in [4.78, 5) is 27.4. The molecule has 1 N–H and O–H groups in total. The summed E-state index contributed by atoms with van der Waals surface area (Å²) >= 11 is 0. The van der Waals surface area contributed by atoms with Gasteiger partial charge >= 0.3 is 5.69 Å². The zero-order valence-corrected chi connectivity index (χ0v) is 20.6. The van der Waals surface area contributed by atoms with Gasteiger partial charge in [0.15, 0.2) is 11.5 Å². The predicted molar refractivity (Wildman–Crippen MR) is 133 cm³/mol. The van der Waals surface area contributed by atoms with Crippen LogP contribution in [0.4, 0.5) is 0 Å². The number of nitrogens with one attached hydrogen (secondary N) is 1. The van der Waals surface area contributed by atoms with Crippen LogP contribution in [0, 0.1) is 0 Å². The minimum atomic E-state index is -0.137. The van der Waals surface area contributed by atoms with E-state index in [-0.39, 0.29) is 17.5 Å². The van der Waals surface area contributed by atoms with E-state index in [0.29, 0.717) is 31.0 Å². The Hall–Kier alpha value is -3.59. The van der Waals surface area contributed by atoms with Crippen LogP contribution in [0.3, 0.4) is 0 Å². The van der Waals surface area contributed by atoms with E-state index in [0.717, 1.165) is 43.0 Å². The van der Waals surface area contributed by atoms with Crippen LogP contribution in [0.25, 0.3) is 5.69 Å². The first-order valence-corrected chi connectivity index (χ1v) is 11.9. The zero-order chi connectivity index (χ0) is 24.8. The number of aromatic nitrogens is 3. The summed E-state index contributed by atoms with van der Waals surface area (Å²) in [5, 5.41) is 7.56. The maximum absolute atomic E-state index is 12.7. The van der Waals surface area contributed by atoms with Gasteiger partial charge in [0, 0.05) is 19.5 Å². The van der Waals surface area contributed by atoms with Crippen molar-refractivity contribution in [1.82, 2.24) is 24.6 Å². The number of nitrogens with zero attached hydrogens (tertiary/aromatic N) is 4. The monoisotopic (exact) mass is 479 g/mol. The van der Waals surface area contributed by atoms with E-state index in [2.05, 4.69) is 15.3 Å². The Morgan fingerprint density at radius 3 is 2.46 bits per heavy atom. The van der Waals surface area contributed by atoms with Crippen molar-refractivity contribution in [1.29, 1.82) is 0 Å². The van der Waals surface area contributed by atoms with Crippen molar-refractivity contribution in [2.45, 2.75) is 25.2 Å². The van der Waals surface area contributed by atoms with E-state index in [9.17, 15) is 9.59 Å². The lowest BCUT2D eigenvalue weighted by Gasteiger charge is -2.31. The Bertz CT molecular complexity index is 1200. The molecule has 0 radical (unpaired) electrons. The summed E-state index contributed by atoms with van der Waals surface area (Å²) in [5.41, 5.74) is 1.77. The number of carbonyl (C=O) groups is 1. The molecular weight excluding hydrogens is 446 g/mol. The fraction of sp³-hybridized carbons (Fsp3) is 0.423. The smallest absolute Gasteiger partial charge is 0.350 e. The number of piperidine rings is 1. The molecule has 9 heteroatoms. The van der Waals surface area contributed by atoms with Crippen molar-refractivity contribution < 1.29 is 14.3 Å². The van der Waals surface area contributed by atoms with E-state index in [1.54, 1.807) is 25.8 Å². The van der Waals surface area contributed by atoms with Gasteiger partial charge in [-0.1, -0.05) is 24.3 Å². The molecule has 1 aliphatic rings. The van der Waals surface area contributed by atoms with Crippen molar-refractivity contribution in [3.05, 3.63) is 70.4 Å². The Labute approximate surface area is 205 Å². The molecule has 0 aliphatic carbocycles. The summed E-state index contributed by atoms with van der Waals surface area (Å²) in [6, 6.07) is 15.4. The van der Waals surface area contributed by atoms with Crippen molar-refractivity contribution in [2.24, 2.45) is 7.05 Å². The molecule has 4 rings (SSSR count). The van der Waals surface area contributed by atoms with Crippen molar-refractivity contribution in [3.63, 3.8) is 0 Å². The van der Waals surface area contributed by atoms with Gasteiger partial charge in [0.05, 0.1) is 26.5 Å². The molecular formula is C26H33N5O4. The van der Waals surface area contributed by atoms with Gasteiger partial charge in [-0.3, -0.25) is 9.69 Å². The highest BCUT2D eigenvalue weighted by molar-refractivity contribution is 5.78. The minimum absolute atomic E-state index is 0.0166. The first-order chi connectivity index (χ1) is 17.0. The Kier molecular flexibility index (Phi) is 7.87. The van der Waals surface area contributed by atoms with Crippen LogP contribution in [0.5, 0.6) is 11.5 Å². The average molecular weight is 480 g/mol. The van der Waals surface area contributed by atoms with Gasteiger partial charge < -0.3 is 14.8 Å². The molecule has 3 aromatic rings. The minimum Gasteiger partial charge on any atom is -0.493 e. The lowest BCUT2D eigenvalue weighted by Crippen LogP contribution is -2.42. The second-order valence-electron chi connectivity index (χ2n) is 8.78. The summed E-state index contributed by atoms with van der Waals surface area (Å²) in [6.45, 7) is 2.50. The fourth-order valence-corrected chi connectivity index (χ4v) is 4.56. The SMILES string of the molecule is COc1ccc(CCNC(=O)CN2CCC(c3nn(C)c(=O)n3-c3ccccc3)CC2)cc1OC. The summed E-state index contributed by atoms with van der Waals surface area (Å²) in [6.07, 6.45) is 2.41. The van der Waals surface area contributed by atoms with Gasteiger partial charge in [-0.2, -0.15) is 5.10 Å². The van der Waals surface area contributed by atoms with E-state index >= 15 is 0 Å². The summed E-state index contributed by atoms with van der Waals surface area (Å²) in [5.74, 6) is 2.36. The van der Waals surface area contributed by atoms with Crippen LogP contribution in [0.2, 0.25) is 0 Å². The number of likely N-dealkylation sites (tertiary alicyclic amines) is 1. The molecule has 1 aromatic heterocycles. The van der Waals surface area contributed by atoms with Crippen molar-refractivity contribution >= 4 is 5.91 Å². The first-order valence-electron chi connectivity index (χ1n) is 11.9. The highest BCUT2D eigenvalue weighted by Crippen LogP contribution is 2.28. The average Bonchev–Trinajstić information content (AvgIpc) is 3.18. The van der Waals surface area contributed by atoms with Crippen LogP contribution >= 0.6 is 0 Å². The summed E-state index contributed by atoms with van der Waals surface area (Å²) < 4.78 is 13.7. The number of methoxy groups -OCH3 is 2. The molecule has 0 saturated carbocycles. The molecule has 0 unspecified atom stereocenters. The standard InChI is InChI=1S/C26H33N5O4/c1-29-26(33)31(21-7-5-4-6-8-21)25(28-29)20-12-15-30(16-13-20)18-24(32)27-14-11-19-9-10-22(34-2)23(17-19)35-3/h4-10,17,20H,11-16,18H2,1-3H3,(H,27,32). The lowest BCUT2D eigenvalue weighted by molar-refractivity contribution is -0.122. The van der Waals surface area contributed by atoms with Crippen molar-refractivity contribution in [3.8, 4) is 17.2 Å².